The quantitative estimate of drug-likeness (QED) is 0.126. The molecular formula is C11H17N3O5S2. The van der Waals surface area contributed by atoms with Crippen LogP contribution in [0, 0.1) is 5.92 Å². The number of hydrogen-bond acceptors (Lipinski definition) is 8. The fourth-order valence-corrected chi connectivity index (χ4v) is 4.02. The van der Waals surface area contributed by atoms with E-state index in [0.29, 0.717) is 11.1 Å². The molecule has 2 heterocycles. The third-order valence-corrected chi connectivity index (χ3v) is 5.47. The fraction of sp³-hybridized carbons (Fsp3) is 0.727. The van der Waals surface area contributed by atoms with Crippen LogP contribution in [0.5, 0.6) is 0 Å². The lowest BCUT2D eigenvalue weighted by atomic mass is 9.97. The van der Waals surface area contributed by atoms with Crippen molar-refractivity contribution in [2.24, 2.45) is 10.9 Å². The van der Waals surface area contributed by atoms with E-state index in [2.05, 4.69) is 20.5 Å². The van der Waals surface area contributed by atoms with Crippen LogP contribution in [0.3, 0.4) is 0 Å². The summed E-state index contributed by atoms with van der Waals surface area (Å²) in [6.07, 6.45) is 2.25. The maximum Gasteiger partial charge on any atom is 0.438 e. The SMILES string of the molecule is O=C(NCCOC=NC1C(=O)NCCCC1C1SS1)OO. The maximum absolute atomic E-state index is 12.0. The molecule has 118 valence electrons. The lowest BCUT2D eigenvalue weighted by Crippen LogP contribution is -2.37. The van der Waals surface area contributed by atoms with Gasteiger partial charge in [0, 0.05) is 12.5 Å². The van der Waals surface area contributed by atoms with E-state index in [0.717, 1.165) is 12.8 Å². The Kier molecular flexibility index (Phi) is 6.46. The lowest BCUT2D eigenvalue weighted by Gasteiger charge is -2.17. The first-order valence-corrected chi connectivity index (χ1v) is 8.82. The predicted octanol–water partition coefficient (Wildman–Crippen LogP) is 0.846. The van der Waals surface area contributed by atoms with Crippen molar-refractivity contribution >= 4 is 40.0 Å². The number of carbonyl (C=O) groups is 2. The Morgan fingerprint density at radius 3 is 3.10 bits per heavy atom. The highest BCUT2D eigenvalue weighted by Gasteiger charge is 2.42. The van der Waals surface area contributed by atoms with Gasteiger partial charge in [0.2, 0.25) is 5.91 Å². The summed E-state index contributed by atoms with van der Waals surface area (Å²) in [4.78, 5) is 30.2. The van der Waals surface area contributed by atoms with Crippen LogP contribution in [-0.4, -0.2) is 54.0 Å². The normalized spacial score (nSPS) is 26.0. The average molecular weight is 335 g/mol. The van der Waals surface area contributed by atoms with E-state index in [-0.39, 0.29) is 25.0 Å². The van der Waals surface area contributed by atoms with E-state index in [9.17, 15) is 9.59 Å². The minimum absolute atomic E-state index is 0.0626. The molecule has 0 bridgehead atoms. The minimum atomic E-state index is -0.943. The van der Waals surface area contributed by atoms with Crippen LogP contribution in [0.4, 0.5) is 4.79 Å². The summed E-state index contributed by atoms with van der Waals surface area (Å²) in [5, 5.41) is 13.1. The molecule has 3 N–H and O–H groups in total. The summed E-state index contributed by atoms with van der Waals surface area (Å²) in [6.45, 7) is 1.03. The van der Waals surface area contributed by atoms with Crippen LogP contribution in [0.2, 0.25) is 0 Å². The van der Waals surface area contributed by atoms with Crippen LogP contribution >= 0.6 is 21.6 Å². The van der Waals surface area contributed by atoms with E-state index in [1.807, 2.05) is 0 Å². The smallest absolute Gasteiger partial charge is 0.438 e. The Hall–Kier alpha value is -1.13. The first-order valence-electron chi connectivity index (χ1n) is 6.54. The maximum atomic E-state index is 12.0. The molecule has 2 saturated heterocycles. The van der Waals surface area contributed by atoms with Gasteiger partial charge in [0.25, 0.3) is 0 Å². The van der Waals surface area contributed by atoms with Crippen LogP contribution < -0.4 is 10.6 Å². The number of nitrogens with one attached hydrogen (secondary N) is 2. The Morgan fingerprint density at radius 1 is 1.57 bits per heavy atom. The van der Waals surface area contributed by atoms with E-state index in [1.54, 1.807) is 21.6 Å². The summed E-state index contributed by atoms with van der Waals surface area (Å²) in [5.74, 6) is 0.164. The zero-order valence-electron chi connectivity index (χ0n) is 11.2. The van der Waals surface area contributed by atoms with Gasteiger partial charge < -0.3 is 15.4 Å². The van der Waals surface area contributed by atoms with Crippen molar-refractivity contribution in [3.63, 3.8) is 0 Å². The van der Waals surface area contributed by atoms with Gasteiger partial charge in [-0.15, -0.1) is 0 Å². The highest BCUT2D eigenvalue weighted by atomic mass is 33.2. The molecule has 0 aliphatic carbocycles. The lowest BCUT2D eigenvalue weighted by molar-refractivity contribution is -0.177. The predicted molar refractivity (Wildman–Crippen MR) is 80.0 cm³/mol. The molecule has 0 saturated carbocycles. The van der Waals surface area contributed by atoms with E-state index >= 15 is 0 Å². The summed E-state index contributed by atoms with van der Waals surface area (Å²) in [5.41, 5.74) is 0. The molecule has 2 atom stereocenters. The van der Waals surface area contributed by atoms with Crippen molar-refractivity contribution in [1.29, 1.82) is 0 Å². The second kappa shape index (κ2) is 8.35. The van der Waals surface area contributed by atoms with Gasteiger partial charge in [0.15, 0.2) is 6.40 Å². The first kappa shape index (κ1) is 16.2. The third kappa shape index (κ3) is 5.29. The van der Waals surface area contributed by atoms with Crippen molar-refractivity contribution in [2.45, 2.75) is 23.5 Å². The van der Waals surface area contributed by atoms with Crippen LogP contribution in [0.25, 0.3) is 0 Å². The zero-order valence-corrected chi connectivity index (χ0v) is 12.8. The molecule has 2 fully saturated rings. The van der Waals surface area contributed by atoms with Crippen LogP contribution in [0.1, 0.15) is 12.8 Å². The first-order chi connectivity index (χ1) is 10.2. The molecule has 21 heavy (non-hydrogen) atoms. The molecule has 2 amide bonds. The van der Waals surface area contributed by atoms with Crippen molar-refractivity contribution in [3.8, 4) is 0 Å². The molecule has 0 radical (unpaired) electrons. The molecule has 8 nitrogen and oxygen atoms in total. The molecule has 0 aromatic heterocycles. The van der Waals surface area contributed by atoms with E-state index < -0.39 is 12.1 Å². The number of hydrogen-bond donors (Lipinski definition) is 3. The van der Waals surface area contributed by atoms with Gasteiger partial charge in [-0.2, -0.15) is 5.26 Å². The topological polar surface area (TPSA) is 109 Å². The molecular weight excluding hydrogens is 318 g/mol. The minimum Gasteiger partial charge on any atom is -0.482 e. The highest BCUT2D eigenvalue weighted by molar-refractivity contribution is 8.92. The van der Waals surface area contributed by atoms with Gasteiger partial charge in [-0.05, 0) is 12.8 Å². The highest BCUT2D eigenvalue weighted by Crippen LogP contribution is 2.59. The largest absolute Gasteiger partial charge is 0.482 e. The van der Waals surface area contributed by atoms with Crippen molar-refractivity contribution in [3.05, 3.63) is 0 Å². The number of carbonyl (C=O) groups excluding carboxylic acids is 2. The fourth-order valence-electron chi connectivity index (χ4n) is 2.05. The van der Waals surface area contributed by atoms with E-state index in [4.69, 9.17) is 9.99 Å². The summed E-state index contributed by atoms with van der Waals surface area (Å²) >= 11 is 0. The Bertz CT molecular complexity index is 405. The van der Waals surface area contributed by atoms with Crippen molar-refractivity contribution in [2.75, 3.05) is 19.7 Å². The molecule has 2 aliphatic rings. The number of rotatable bonds is 6. The van der Waals surface area contributed by atoms with E-state index in [1.165, 1.54) is 6.40 Å². The molecule has 10 heteroatoms. The van der Waals surface area contributed by atoms with Crippen LogP contribution in [-0.2, 0) is 14.4 Å². The summed E-state index contributed by atoms with van der Waals surface area (Å²) < 4.78 is 5.57. The second-order valence-corrected chi connectivity index (χ2v) is 7.39. The van der Waals surface area contributed by atoms with Gasteiger partial charge in [0.05, 0.1) is 11.1 Å². The molecule has 0 aromatic rings. The van der Waals surface area contributed by atoms with Crippen LogP contribution in [0.15, 0.2) is 4.99 Å². The van der Waals surface area contributed by atoms with Gasteiger partial charge in [-0.25, -0.2) is 9.79 Å². The monoisotopic (exact) mass is 335 g/mol. The number of ether oxygens (including phenoxy) is 1. The van der Waals surface area contributed by atoms with Gasteiger partial charge >= 0.3 is 6.09 Å². The average Bonchev–Trinajstić information content (AvgIpc) is 3.31. The zero-order chi connectivity index (χ0) is 15.1. The molecule has 0 spiro atoms. The summed E-state index contributed by atoms with van der Waals surface area (Å²) in [7, 11) is 3.56. The third-order valence-electron chi connectivity index (χ3n) is 3.11. The van der Waals surface area contributed by atoms with Gasteiger partial charge in [0.1, 0.15) is 12.6 Å². The van der Waals surface area contributed by atoms with Gasteiger partial charge in [-0.1, -0.05) is 21.6 Å². The Balaban J connectivity index is 1.76. The standard InChI is InChI=1S/C11H17N3O5S2/c15-9-8(7(10-20-21-10)2-1-3-12-9)14-6-18-5-4-13-11(16)19-17/h6-8,10,17H,1-5H2,(H,12,15)(H,13,16). The Morgan fingerprint density at radius 2 is 2.38 bits per heavy atom. The number of nitrogens with zero attached hydrogens (tertiary/aromatic N) is 1. The van der Waals surface area contributed by atoms with Gasteiger partial charge in [-0.3, -0.25) is 9.68 Å². The number of aliphatic imine (C=N–C) groups is 1. The Labute approximate surface area is 129 Å². The second-order valence-electron chi connectivity index (χ2n) is 4.53. The summed E-state index contributed by atoms with van der Waals surface area (Å²) in [6, 6.07) is -0.421. The number of amides is 2. The van der Waals surface area contributed by atoms with Crippen molar-refractivity contribution < 1.29 is 24.5 Å². The van der Waals surface area contributed by atoms with Crippen molar-refractivity contribution in [1.82, 2.24) is 10.6 Å². The molecule has 2 rings (SSSR count). The molecule has 2 unspecified atom stereocenters. The molecule has 2 aliphatic heterocycles. The molecule has 0 aromatic carbocycles.